The van der Waals surface area contributed by atoms with E-state index in [0.29, 0.717) is 0 Å². The Bertz CT molecular complexity index is 464. The van der Waals surface area contributed by atoms with Gasteiger partial charge in [-0.05, 0) is 25.5 Å². The predicted octanol–water partition coefficient (Wildman–Crippen LogP) is 2.54. The first kappa shape index (κ1) is 12.8. The minimum absolute atomic E-state index is 0.246. The first-order chi connectivity index (χ1) is 8.81. The van der Waals surface area contributed by atoms with E-state index in [1.165, 1.54) is 5.69 Å². The second-order valence-corrected chi connectivity index (χ2v) is 4.44. The Kier molecular flexibility index (Phi) is 4.47. The largest absolute Gasteiger partial charge is 0.333 e. The van der Waals surface area contributed by atoms with Gasteiger partial charge in [-0.3, -0.25) is 4.98 Å². The van der Waals surface area contributed by atoms with Crippen LogP contribution >= 0.6 is 0 Å². The van der Waals surface area contributed by atoms with Gasteiger partial charge in [0.15, 0.2) is 0 Å². The summed E-state index contributed by atoms with van der Waals surface area (Å²) in [6, 6.07) is 6.24. The molecule has 0 amide bonds. The smallest absolute Gasteiger partial charge is 0.0948 e. The Labute approximate surface area is 108 Å². The second kappa shape index (κ2) is 6.31. The molecule has 4 nitrogen and oxygen atoms in total. The molecule has 0 aliphatic rings. The normalized spacial score (nSPS) is 12.6. The van der Waals surface area contributed by atoms with Crippen LogP contribution in [-0.2, 0) is 13.1 Å². The fourth-order valence-electron chi connectivity index (χ4n) is 1.93. The molecule has 4 heteroatoms. The lowest BCUT2D eigenvalue weighted by atomic mass is 10.2. The molecule has 0 bridgehead atoms. The maximum absolute atomic E-state index is 4.35. The van der Waals surface area contributed by atoms with Crippen LogP contribution in [0.1, 0.15) is 37.7 Å². The van der Waals surface area contributed by atoms with Crippen LogP contribution in [0.3, 0.4) is 0 Å². The van der Waals surface area contributed by atoms with Gasteiger partial charge in [-0.1, -0.05) is 13.0 Å². The first-order valence-electron chi connectivity index (χ1n) is 6.44. The van der Waals surface area contributed by atoms with E-state index in [4.69, 9.17) is 0 Å². The highest BCUT2D eigenvalue weighted by molar-refractivity contribution is 5.08. The van der Waals surface area contributed by atoms with Crippen LogP contribution in [0.2, 0.25) is 0 Å². The maximum Gasteiger partial charge on any atom is 0.0948 e. The fraction of sp³-hybridized carbons (Fsp3) is 0.429. The van der Waals surface area contributed by atoms with Crippen molar-refractivity contribution in [1.82, 2.24) is 19.9 Å². The van der Waals surface area contributed by atoms with Crippen molar-refractivity contribution in [3.63, 3.8) is 0 Å². The van der Waals surface area contributed by atoms with Gasteiger partial charge in [0.1, 0.15) is 0 Å². The number of hydrogen-bond donors (Lipinski definition) is 1. The highest BCUT2D eigenvalue weighted by atomic mass is 15.1. The maximum atomic E-state index is 4.35. The fourth-order valence-corrected chi connectivity index (χ4v) is 1.93. The third-order valence-electron chi connectivity index (χ3n) is 2.98. The van der Waals surface area contributed by atoms with E-state index in [1.54, 1.807) is 0 Å². The molecule has 0 aliphatic heterocycles. The number of imidazole rings is 1. The van der Waals surface area contributed by atoms with Crippen LogP contribution < -0.4 is 5.32 Å². The Morgan fingerprint density at radius 3 is 3.00 bits per heavy atom. The highest BCUT2D eigenvalue weighted by Crippen LogP contribution is 2.09. The van der Waals surface area contributed by atoms with Gasteiger partial charge in [-0.15, -0.1) is 0 Å². The Morgan fingerprint density at radius 2 is 2.28 bits per heavy atom. The topological polar surface area (TPSA) is 42.7 Å². The van der Waals surface area contributed by atoms with Crippen LogP contribution in [0.25, 0.3) is 0 Å². The molecule has 1 atom stereocenters. The highest BCUT2D eigenvalue weighted by Gasteiger charge is 2.07. The number of nitrogens with one attached hydrogen (secondary N) is 1. The molecule has 2 aromatic heterocycles. The molecule has 18 heavy (non-hydrogen) atoms. The Balaban J connectivity index is 1.93. The summed E-state index contributed by atoms with van der Waals surface area (Å²) >= 11 is 0. The number of hydrogen-bond acceptors (Lipinski definition) is 3. The van der Waals surface area contributed by atoms with Gasteiger partial charge < -0.3 is 9.88 Å². The van der Waals surface area contributed by atoms with E-state index in [9.17, 15) is 0 Å². The van der Waals surface area contributed by atoms with Crippen molar-refractivity contribution < 1.29 is 0 Å². The van der Waals surface area contributed by atoms with Crippen molar-refractivity contribution in [2.75, 3.05) is 0 Å². The molecule has 0 fully saturated rings. The van der Waals surface area contributed by atoms with E-state index >= 15 is 0 Å². The zero-order valence-corrected chi connectivity index (χ0v) is 11.0. The second-order valence-electron chi connectivity index (χ2n) is 4.44. The van der Waals surface area contributed by atoms with Crippen LogP contribution in [0.15, 0.2) is 36.9 Å². The lowest BCUT2D eigenvalue weighted by molar-refractivity contribution is 0.533. The zero-order chi connectivity index (χ0) is 12.8. The van der Waals surface area contributed by atoms with Gasteiger partial charge in [-0.25, -0.2) is 4.98 Å². The molecule has 2 rings (SSSR count). The molecule has 0 spiro atoms. The lowest BCUT2D eigenvalue weighted by Crippen LogP contribution is -2.20. The van der Waals surface area contributed by atoms with E-state index in [1.807, 2.05) is 36.9 Å². The summed E-state index contributed by atoms with van der Waals surface area (Å²) in [4.78, 5) is 8.55. The molecular weight excluding hydrogens is 224 g/mol. The molecule has 0 unspecified atom stereocenters. The third-order valence-corrected chi connectivity index (χ3v) is 2.98. The molecule has 2 heterocycles. The molecule has 0 saturated heterocycles. The Hall–Kier alpha value is -1.68. The van der Waals surface area contributed by atoms with Gasteiger partial charge in [0.2, 0.25) is 0 Å². The average molecular weight is 244 g/mol. The zero-order valence-electron chi connectivity index (χ0n) is 11.0. The van der Waals surface area contributed by atoms with Gasteiger partial charge in [0, 0.05) is 31.5 Å². The molecule has 1 N–H and O–H groups in total. The van der Waals surface area contributed by atoms with Gasteiger partial charge >= 0.3 is 0 Å². The van der Waals surface area contributed by atoms with E-state index in [0.717, 1.165) is 25.2 Å². The number of pyridine rings is 1. The van der Waals surface area contributed by atoms with Gasteiger partial charge in [0.05, 0.1) is 17.7 Å². The minimum Gasteiger partial charge on any atom is -0.333 e. The molecular formula is C14H20N4. The van der Waals surface area contributed by atoms with Crippen molar-refractivity contribution in [2.24, 2.45) is 0 Å². The summed E-state index contributed by atoms with van der Waals surface area (Å²) in [6.07, 6.45) is 6.77. The van der Waals surface area contributed by atoms with Crippen molar-refractivity contribution in [2.45, 2.75) is 39.4 Å². The van der Waals surface area contributed by atoms with Crippen LogP contribution in [0.5, 0.6) is 0 Å². The Morgan fingerprint density at radius 1 is 1.39 bits per heavy atom. The SMILES string of the molecule is CCCn1cncc1CN[C@H](C)c1ccccn1. The number of rotatable bonds is 6. The van der Waals surface area contributed by atoms with E-state index in [2.05, 4.69) is 33.7 Å². The van der Waals surface area contributed by atoms with Crippen molar-refractivity contribution in [3.05, 3.63) is 48.3 Å². The van der Waals surface area contributed by atoms with Crippen molar-refractivity contribution >= 4 is 0 Å². The van der Waals surface area contributed by atoms with Crippen molar-refractivity contribution in [3.8, 4) is 0 Å². The third kappa shape index (κ3) is 3.17. The molecule has 2 aromatic rings. The van der Waals surface area contributed by atoms with Gasteiger partial charge in [0.25, 0.3) is 0 Å². The standard InChI is InChI=1S/C14H20N4/c1-3-8-18-11-15-9-13(18)10-17-12(2)14-6-4-5-7-16-14/h4-7,9,11-12,17H,3,8,10H2,1-2H3/t12-/m1/s1. The van der Waals surface area contributed by atoms with Crippen LogP contribution in [0.4, 0.5) is 0 Å². The number of aryl methyl sites for hydroxylation is 1. The molecule has 0 aromatic carbocycles. The van der Waals surface area contributed by atoms with E-state index < -0.39 is 0 Å². The molecule has 0 radical (unpaired) electrons. The summed E-state index contributed by atoms with van der Waals surface area (Å²) in [5.74, 6) is 0. The minimum atomic E-state index is 0.246. The molecule has 0 saturated carbocycles. The lowest BCUT2D eigenvalue weighted by Gasteiger charge is -2.14. The monoisotopic (exact) mass is 244 g/mol. The first-order valence-corrected chi connectivity index (χ1v) is 6.44. The molecule has 0 aliphatic carbocycles. The summed E-state index contributed by atoms with van der Waals surface area (Å²) in [7, 11) is 0. The number of aromatic nitrogens is 3. The van der Waals surface area contributed by atoms with Crippen LogP contribution in [-0.4, -0.2) is 14.5 Å². The summed E-state index contributed by atoms with van der Waals surface area (Å²) in [5.41, 5.74) is 2.29. The quantitative estimate of drug-likeness (QED) is 0.849. The van der Waals surface area contributed by atoms with Crippen molar-refractivity contribution in [1.29, 1.82) is 0 Å². The number of nitrogens with zero attached hydrogens (tertiary/aromatic N) is 3. The summed E-state index contributed by atoms with van der Waals surface area (Å²) in [5, 5.41) is 3.48. The summed E-state index contributed by atoms with van der Waals surface area (Å²) in [6.45, 7) is 6.14. The summed E-state index contributed by atoms with van der Waals surface area (Å²) < 4.78 is 2.19. The average Bonchev–Trinajstić information content (AvgIpc) is 2.85. The van der Waals surface area contributed by atoms with E-state index in [-0.39, 0.29) is 6.04 Å². The molecule has 96 valence electrons. The predicted molar refractivity (Wildman–Crippen MR) is 72.0 cm³/mol. The van der Waals surface area contributed by atoms with Crippen LogP contribution in [0, 0.1) is 0 Å². The van der Waals surface area contributed by atoms with Gasteiger partial charge in [-0.2, -0.15) is 0 Å².